The summed E-state index contributed by atoms with van der Waals surface area (Å²) >= 11 is 3.27. The van der Waals surface area contributed by atoms with Gasteiger partial charge in [-0.05, 0) is 30.5 Å². The summed E-state index contributed by atoms with van der Waals surface area (Å²) in [5.41, 5.74) is 5.01. The average Bonchev–Trinajstić information content (AvgIpc) is 3.28. The summed E-state index contributed by atoms with van der Waals surface area (Å²) in [6.45, 7) is 3.01. The fourth-order valence-electron chi connectivity index (χ4n) is 3.58. The van der Waals surface area contributed by atoms with Crippen LogP contribution in [0, 0.1) is 0 Å². The van der Waals surface area contributed by atoms with Crippen molar-refractivity contribution in [2.24, 2.45) is 0 Å². The Morgan fingerprint density at radius 3 is 2.62 bits per heavy atom. The number of carbonyl (C=O) groups is 1. The SMILES string of the molecule is O=C(NC1CCN(Cc2ccccc2)CC1)c1ccccc1SCc1cscn1. The van der Waals surface area contributed by atoms with Gasteiger partial charge < -0.3 is 5.32 Å². The van der Waals surface area contributed by atoms with E-state index in [-0.39, 0.29) is 11.9 Å². The van der Waals surface area contributed by atoms with Gasteiger partial charge in [-0.2, -0.15) is 0 Å². The Hall–Kier alpha value is -2.15. The van der Waals surface area contributed by atoms with Crippen molar-refractivity contribution in [1.82, 2.24) is 15.2 Å². The number of thiazole rings is 1. The molecular weight excluding hydrogens is 398 g/mol. The Kier molecular flexibility index (Phi) is 6.98. The summed E-state index contributed by atoms with van der Waals surface area (Å²) < 4.78 is 0. The van der Waals surface area contributed by atoms with Crippen LogP contribution >= 0.6 is 23.1 Å². The van der Waals surface area contributed by atoms with E-state index in [1.54, 1.807) is 23.1 Å². The fraction of sp³-hybridized carbons (Fsp3) is 0.304. The molecule has 0 spiro atoms. The Balaban J connectivity index is 1.30. The molecule has 4 rings (SSSR count). The van der Waals surface area contributed by atoms with Crippen molar-refractivity contribution in [3.8, 4) is 0 Å². The number of rotatable bonds is 7. The number of nitrogens with one attached hydrogen (secondary N) is 1. The topological polar surface area (TPSA) is 45.2 Å². The Morgan fingerprint density at radius 1 is 1.10 bits per heavy atom. The molecule has 1 aliphatic rings. The number of nitrogens with zero attached hydrogens (tertiary/aromatic N) is 2. The number of aromatic nitrogens is 1. The largest absolute Gasteiger partial charge is 0.349 e. The minimum absolute atomic E-state index is 0.0351. The summed E-state index contributed by atoms with van der Waals surface area (Å²) in [5.74, 6) is 0.818. The third kappa shape index (κ3) is 5.69. The van der Waals surface area contributed by atoms with Crippen LogP contribution in [0.2, 0.25) is 0 Å². The molecule has 0 aliphatic carbocycles. The lowest BCUT2D eigenvalue weighted by atomic mass is 10.0. The van der Waals surface area contributed by atoms with Crippen LogP contribution in [0.3, 0.4) is 0 Å². The molecule has 0 radical (unpaired) electrons. The molecule has 0 atom stereocenters. The van der Waals surface area contributed by atoms with Gasteiger partial charge in [0.25, 0.3) is 5.91 Å². The third-order valence-corrected chi connectivity index (χ3v) is 6.90. The lowest BCUT2D eigenvalue weighted by molar-refractivity contribution is 0.0906. The molecule has 0 unspecified atom stereocenters. The normalized spacial score (nSPS) is 15.3. The van der Waals surface area contributed by atoms with Crippen molar-refractivity contribution in [3.05, 3.63) is 82.3 Å². The highest BCUT2D eigenvalue weighted by atomic mass is 32.2. The van der Waals surface area contributed by atoms with Crippen LogP contribution in [0.4, 0.5) is 0 Å². The van der Waals surface area contributed by atoms with E-state index in [0.29, 0.717) is 0 Å². The second-order valence-corrected chi connectivity index (χ2v) is 9.01. The first-order chi connectivity index (χ1) is 14.3. The number of thioether (sulfide) groups is 1. The molecule has 0 saturated carbocycles. The molecule has 0 bridgehead atoms. The molecule has 4 nitrogen and oxygen atoms in total. The van der Waals surface area contributed by atoms with E-state index in [2.05, 4.69) is 50.9 Å². The van der Waals surface area contributed by atoms with Gasteiger partial charge in [-0.25, -0.2) is 4.98 Å². The standard InChI is InChI=1S/C23H25N3OS2/c27-23(21-8-4-5-9-22(21)29-16-20-15-28-17-24-20)25-19-10-12-26(13-11-19)14-18-6-2-1-3-7-18/h1-9,15,17,19H,10-14,16H2,(H,25,27). The van der Waals surface area contributed by atoms with Crippen LogP contribution in [0.1, 0.15) is 34.5 Å². The summed E-state index contributed by atoms with van der Waals surface area (Å²) in [6.07, 6.45) is 1.99. The highest BCUT2D eigenvalue weighted by molar-refractivity contribution is 7.98. The van der Waals surface area contributed by atoms with E-state index >= 15 is 0 Å². The van der Waals surface area contributed by atoms with Crippen LogP contribution in [-0.4, -0.2) is 34.9 Å². The second kappa shape index (κ2) is 10.1. The van der Waals surface area contributed by atoms with E-state index in [9.17, 15) is 4.79 Å². The minimum Gasteiger partial charge on any atom is -0.349 e. The molecule has 1 fully saturated rings. The molecule has 1 saturated heterocycles. The van der Waals surface area contributed by atoms with Gasteiger partial charge in [-0.3, -0.25) is 9.69 Å². The molecule has 1 amide bonds. The molecule has 150 valence electrons. The third-order valence-electron chi connectivity index (χ3n) is 5.16. The Bertz CT molecular complexity index is 907. The zero-order valence-electron chi connectivity index (χ0n) is 16.3. The number of benzene rings is 2. The van der Waals surface area contributed by atoms with E-state index in [0.717, 1.165) is 54.4 Å². The maximum atomic E-state index is 12.9. The van der Waals surface area contributed by atoms with Crippen molar-refractivity contribution in [2.75, 3.05) is 13.1 Å². The number of hydrogen-bond acceptors (Lipinski definition) is 5. The molecule has 1 aliphatic heterocycles. The van der Waals surface area contributed by atoms with Crippen LogP contribution in [0.15, 0.2) is 70.4 Å². The molecule has 3 aromatic rings. The summed E-state index contributed by atoms with van der Waals surface area (Å²) in [5, 5.41) is 5.32. The van der Waals surface area contributed by atoms with Crippen LogP contribution in [0.25, 0.3) is 0 Å². The van der Waals surface area contributed by atoms with E-state index in [4.69, 9.17) is 0 Å². The zero-order valence-corrected chi connectivity index (χ0v) is 17.9. The Morgan fingerprint density at radius 2 is 1.86 bits per heavy atom. The first-order valence-corrected chi connectivity index (χ1v) is 11.9. The van der Waals surface area contributed by atoms with Gasteiger partial charge in [0.2, 0.25) is 0 Å². The van der Waals surface area contributed by atoms with Crippen molar-refractivity contribution >= 4 is 29.0 Å². The van der Waals surface area contributed by atoms with Crippen molar-refractivity contribution in [2.45, 2.75) is 36.1 Å². The maximum absolute atomic E-state index is 12.9. The molecular formula is C23H25N3OS2. The van der Waals surface area contributed by atoms with Crippen molar-refractivity contribution in [1.29, 1.82) is 0 Å². The second-order valence-electron chi connectivity index (χ2n) is 7.27. The van der Waals surface area contributed by atoms with Gasteiger partial charge in [-0.15, -0.1) is 23.1 Å². The maximum Gasteiger partial charge on any atom is 0.252 e. The quantitative estimate of drug-likeness (QED) is 0.553. The van der Waals surface area contributed by atoms with Crippen LogP contribution in [0.5, 0.6) is 0 Å². The molecule has 6 heteroatoms. The van der Waals surface area contributed by atoms with Gasteiger partial charge in [0.15, 0.2) is 0 Å². The van der Waals surface area contributed by atoms with Gasteiger partial charge >= 0.3 is 0 Å². The molecule has 2 heterocycles. The minimum atomic E-state index is 0.0351. The van der Waals surface area contributed by atoms with Gasteiger partial charge in [0, 0.05) is 41.7 Å². The van der Waals surface area contributed by atoms with Crippen molar-refractivity contribution in [3.63, 3.8) is 0 Å². The number of likely N-dealkylation sites (tertiary alicyclic amines) is 1. The number of carbonyl (C=O) groups excluding carboxylic acids is 1. The molecule has 1 N–H and O–H groups in total. The summed E-state index contributed by atoms with van der Waals surface area (Å²) in [4.78, 5) is 20.7. The van der Waals surface area contributed by atoms with Crippen molar-refractivity contribution < 1.29 is 4.79 Å². The monoisotopic (exact) mass is 423 g/mol. The van der Waals surface area contributed by atoms with E-state index < -0.39 is 0 Å². The number of piperidine rings is 1. The van der Waals surface area contributed by atoms with Crippen LogP contribution < -0.4 is 5.32 Å². The smallest absolute Gasteiger partial charge is 0.252 e. The lowest BCUT2D eigenvalue weighted by Crippen LogP contribution is -2.44. The summed E-state index contributed by atoms with van der Waals surface area (Å²) in [6, 6.07) is 18.7. The highest BCUT2D eigenvalue weighted by Gasteiger charge is 2.22. The van der Waals surface area contributed by atoms with Gasteiger partial charge in [0.1, 0.15) is 0 Å². The molecule has 2 aromatic carbocycles. The average molecular weight is 424 g/mol. The summed E-state index contributed by atoms with van der Waals surface area (Å²) in [7, 11) is 0. The first kappa shape index (κ1) is 20.1. The Labute approximate surface area is 180 Å². The van der Waals surface area contributed by atoms with Gasteiger partial charge in [0.05, 0.1) is 16.8 Å². The predicted octanol–water partition coefficient (Wildman–Crippen LogP) is 4.83. The predicted molar refractivity (Wildman–Crippen MR) is 120 cm³/mol. The van der Waals surface area contributed by atoms with Gasteiger partial charge in [-0.1, -0.05) is 42.5 Å². The van der Waals surface area contributed by atoms with E-state index in [1.165, 1.54) is 5.56 Å². The molecule has 1 aromatic heterocycles. The number of hydrogen-bond donors (Lipinski definition) is 1. The van der Waals surface area contributed by atoms with E-state index in [1.807, 2.05) is 29.8 Å². The lowest BCUT2D eigenvalue weighted by Gasteiger charge is -2.32. The highest BCUT2D eigenvalue weighted by Crippen LogP contribution is 2.26. The zero-order chi connectivity index (χ0) is 19.9. The first-order valence-electron chi connectivity index (χ1n) is 9.94. The number of amides is 1. The fourth-order valence-corrected chi connectivity index (χ4v) is 5.20. The van der Waals surface area contributed by atoms with Crippen LogP contribution in [-0.2, 0) is 12.3 Å². The molecule has 29 heavy (non-hydrogen) atoms.